The molecule has 1 amide bonds. The van der Waals surface area contributed by atoms with Crippen LogP contribution in [0.1, 0.15) is 36.0 Å². The van der Waals surface area contributed by atoms with E-state index in [0.717, 1.165) is 34.6 Å². The maximum atomic E-state index is 12.5. The minimum absolute atomic E-state index is 0.210. The third-order valence-corrected chi connectivity index (χ3v) is 5.40. The van der Waals surface area contributed by atoms with E-state index in [1.807, 2.05) is 36.4 Å². The fourth-order valence-electron chi connectivity index (χ4n) is 3.44. The molecule has 1 aromatic carbocycles. The average molecular weight is 452 g/mol. The first-order valence-electron chi connectivity index (χ1n) is 9.80. The molecule has 0 saturated carbocycles. The van der Waals surface area contributed by atoms with Gasteiger partial charge in [-0.1, -0.05) is 25.0 Å². The molecule has 0 spiro atoms. The quantitative estimate of drug-likeness (QED) is 0.608. The van der Waals surface area contributed by atoms with Crippen LogP contribution in [0.4, 0.5) is 11.5 Å². The molecule has 1 saturated heterocycles. The van der Waals surface area contributed by atoms with Crippen LogP contribution < -0.4 is 10.2 Å². The van der Waals surface area contributed by atoms with Gasteiger partial charge in [0.2, 0.25) is 0 Å². The lowest BCUT2D eigenvalue weighted by molar-refractivity contribution is 0.102. The van der Waals surface area contributed by atoms with E-state index in [1.54, 1.807) is 12.3 Å². The second-order valence-electron chi connectivity index (χ2n) is 7.10. The van der Waals surface area contributed by atoms with Gasteiger partial charge in [-0.3, -0.25) is 9.78 Å². The third-order valence-electron chi connectivity index (χ3n) is 4.96. The molecular weight excluding hydrogens is 430 g/mol. The second kappa shape index (κ2) is 9.13. The monoisotopic (exact) mass is 451 g/mol. The van der Waals surface area contributed by atoms with Gasteiger partial charge in [0.15, 0.2) is 5.82 Å². The number of nitrogens with zero attached hydrogens (tertiary/aromatic N) is 4. The zero-order valence-electron chi connectivity index (χ0n) is 16.0. The predicted octanol–water partition coefficient (Wildman–Crippen LogP) is 4.93. The first-order valence-corrected chi connectivity index (χ1v) is 10.6. The molecule has 7 heteroatoms. The Labute approximate surface area is 178 Å². The molecular formula is C22H22BrN5O. The highest BCUT2D eigenvalue weighted by Crippen LogP contribution is 2.23. The van der Waals surface area contributed by atoms with Gasteiger partial charge in [-0.2, -0.15) is 0 Å². The summed E-state index contributed by atoms with van der Waals surface area (Å²) in [5.74, 6) is 0.723. The first kappa shape index (κ1) is 19.5. The van der Waals surface area contributed by atoms with Crippen LogP contribution >= 0.6 is 15.9 Å². The van der Waals surface area contributed by atoms with Gasteiger partial charge in [-0.05, 0) is 59.1 Å². The minimum atomic E-state index is -0.210. The smallest absolute Gasteiger partial charge is 0.257 e. The number of carbonyl (C=O) groups is 1. The van der Waals surface area contributed by atoms with Gasteiger partial charge in [0, 0.05) is 41.2 Å². The minimum Gasteiger partial charge on any atom is -0.355 e. The number of pyridine rings is 1. The van der Waals surface area contributed by atoms with Crippen molar-refractivity contribution in [1.82, 2.24) is 15.2 Å². The number of carbonyl (C=O) groups excluding carboxylic acids is 1. The summed E-state index contributed by atoms with van der Waals surface area (Å²) < 4.78 is 0.763. The topological polar surface area (TPSA) is 71.0 Å². The lowest BCUT2D eigenvalue weighted by Gasteiger charge is -2.20. The Kier molecular flexibility index (Phi) is 6.14. The van der Waals surface area contributed by atoms with Crippen molar-refractivity contribution in [1.29, 1.82) is 0 Å². The molecule has 0 aliphatic carbocycles. The highest BCUT2D eigenvalue weighted by molar-refractivity contribution is 9.10. The van der Waals surface area contributed by atoms with Gasteiger partial charge >= 0.3 is 0 Å². The van der Waals surface area contributed by atoms with Gasteiger partial charge < -0.3 is 10.2 Å². The van der Waals surface area contributed by atoms with Crippen molar-refractivity contribution in [2.75, 3.05) is 23.3 Å². The van der Waals surface area contributed by atoms with E-state index >= 15 is 0 Å². The Morgan fingerprint density at radius 3 is 2.52 bits per heavy atom. The summed E-state index contributed by atoms with van der Waals surface area (Å²) in [7, 11) is 0. The summed E-state index contributed by atoms with van der Waals surface area (Å²) in [6, 6.07) is 13.4. The molecule has 1 N–H and O–H groups in total. The van der Waals surface area contributed by atoms with Crippen LogP contribution in [0.15, 0.2) is 59.3 Å². The molecule has 3 heterocycles. The molecule has 0 radical (unpaired) electrons. The third kappa shape index (κ3) is 4.98. The highest BCUT2D eigenvalue weighted by atomic mass is 79.9. The van der Waals surface area contributed by atoms with Gasteiger partial charge in [-0.25, -0.2) is 0 Å². The van der Waals surface area contributed by atoms with Gasteiger partial charge in [0.05, 0.1) is 11.3 Å². The number of benzene rings is 1. The standard InChI is InChI=1S/C22H22BrN5O/c23-18-12-17(14-24-15-18)22(29)25-19-7-5-6-16(13-19)20-8-9-21(27-26-20)28-10-3-1-2-4-11-28/h5-9,12-15H,1-4,10-11H2,(H,25,29). The molecule has 148 valence electrons. The summed E-state index contributed by atoms with van der Waals surface area (Å²) in [6.45, 7) is 2.08. The van der Waals surface area contributed by atoms with Gasteiger partial charge in [0.25, 0.3) is 5.91 Å². The summed E-state index contributed by atoms with van der Waals surface area (Å²) in [5.41, 5.74) is 2.88. The van der Waals surface area contributed by atoms with Crippen molar-refractivity contribution in [3.05, 3.63) is 64.9 Å². The molecule has 1 fully saturated rings. The van der Waals surface area contributed by atoms with Crippen molar-refractivity contribution < 1.29 is 4.79 Å². The van der Waals surface area contributed by atoms with E-state index in [0.29, 0.717) is 11.3 Å². The SMILES string of the molecule is O=C(Nc1cccc(-c2ccc(N3CCCCCC3)nn2)c1)c1cncc(Br)c1. The Balaban J connectivity index is 1.48. The first-order chi connectivity index (χ1) is 14.2. The molecule has 3 aromatic rings. The van der Waals surface area contributed by atoms with Gasteiger partial charge in [0.1, 0.15) is 0 Å². The number of aromatic nitrogens is 3. The Morgan fingerprint density at radius 1 is 0.966 bits per heavy atom. The van der Waals surface area contributed by atoms with Crippen molar-refractivity contribution in [2.24, 2.45) is 0 Å². The van der Waals surface area contributed by atoms with Crippen molar-refractivity contribution in [2.45, 2.75) is 25.7 Å². The number of hydrogen-bond acceptors (Lipinski definition) is 5. The Hall–Kier alpha value is -2.80. The van der Waals surface area contributed by atoms with E-state index in [1.165, 1.54) is 31.9 Å². The normalized spacial score (nSPS) is 14.3. The van der Waals surface area contributed by atoms with E-state index in [2.05, 4.69) is 41.3 Å². The lowest BCUT2D eigenvalue weighted by Crippen LogP contribution is -2.25. The number of nitrogens with one attached hydrogen (secondary N) is 1. The van der Waals surface area contributed by atoms with E-state index in [-0.39, 0.29) is 5.91 Å². The molecule has 4 rings (SSSR count). The van der Waals surface area contributed by atoms with Crippen LogP contribution in [0.2, 0.25) is 0 Å². The maximum Gasteiger partial charge on any atom is 0.257 e. The summed E-state index contributed by atoms with van der Waals surface area (Å²) in [4.78, 5) is 18.8. The van der Waals surface area contributed by atoms with Crippen molar-refractivity contribution >= 4 is 33.3 Å². The van der Waals surface area contributed by atoms with Crippen LogP contribution in [0.25, 0.3) is 11.3 Å². The number of anilines is 2. The van der Waals surface area contributed by atoms with Crippen LogP contribution in [-0.4, -0.2) is 34.2 Å². The molecule has 29 heavy (non-hydrogen) atoms. The highest BCUT2D eigenvalue weighted by Gasteiger charge is 2.12. The van der Waals surface area contributed by atoms with Crippen LogP contribution in [0.5, 0.6) is 0 Å². The number of amides is 1. The zero-order chi connectivity index (χ0) is 20.1. The van der Waals surface area contributed by atoms with Gasteiger partial charge in [-0.15, -0.1) is 10.2 Å². The second-order valence-corrected chi connectivity index (χ2v) is 8.02. The Morgan fingerprint density at radius 2 is 1.79 bits per heavy atom. The number of hydrogen-bond donors (Lipinski definition) is 1. The zero-order valence-corrected chi connectivity index (χ0v) is 17.6. The molecule has 0 bridgehead atoms. The van der Waals surface area contributed by atoms with Crippen LogP contribution in [0, 0.1) is 0 Å². The molecule has 1 aliphatic heterocycles. The van der Waals surface area contributed by atoms with E-state index in [9.17, 15) is 4.79 Å². The van der Waals surface area contributed by atoms with Crippen LogP contribution in [-0.2, 0) is 0 Å². The fraction of sp³-hybridized carbons (Fsp3) is 0.273. The summed E-state index contributed by atoms with van der Waals surface area (Å²) in [5, 5.41) is 11.8. The van der Waals surface area contributed by atoms with Crippen LogP contribution in [0.3, 0.4) is 0 Å². The summed E-state index contributed by atoms with van der Waals surface area (Å²) in [6.07, 6.45) is 8.17. The van der Waals surface area contributed by atoms with E-state index < -0.39 is 0 Å². The summed E-state index contributed by atoms with van der Waals surface area (Å²) >= 11 is 3.34. The fourth-order valence-corrected chi connectivity index (χ4v) is 3.81. The molecule has 6 nitrogen and oxygen atoms in total. The molecule has 0 atom stereocenters. The lowest BCUT2D eigenvalue weighted by atomic mass is 10.1. The number of rotatable bonds is 4. The average Bonchev–Trinajstić information content (AvgIpc) is 3.04. The van der Waals surface area contributed by atoms with Crippen molar-refractivity contribution in [3.63, 3.8) is 0 Å². The van der Waals surface area contributed by atoms with E-state index in [4.69, 9.17) is 0 Å². The maximum absolute atomic E-state index is 12.5. The number of halogens is 1. The Bertz CT molecular complexity index is 985. The molecule has 0 unspecified atom stereocenters. The molecule has 2 aromatic heterocycles. The predicted molar refractivity (Wildman–Crippen MR) is 118 cm³/mol. The molecule has 1 aliphatic rings. The van der Waals surface area contributed by atoms with Crippen molar-refractivity contribution in [3.8, 4) is 11.3 Å². The largest absolute Gasteiger partial charge is 0.355 e.